The van der Waals surface area contributed by atoms with Gasteiger partial charge in [0.25, 0.3) is 0 Å². The Balaban J connectivity index is 1.92. The van der Waals surface area contributed by atoms with Crippen molar-refractivity contribution in [3.8, 4) is 0 Å². The fourth-order valence-corrected chi connectivity index (χ4v) is 3.33. The second kappa shape index (κ2) is 9.65. The average Bonchev–Trinajstić information content (AvgIpc) is 2.74. The minimum absolute atomic E-state index is 0.248. The second-order valence-corrected chi connectivity index (χ2v) is 7.83. The number of halogens is 6. The fraction of sp³-hybridized carbons (Fsp3) is 0.125. The van der Waals surface area contributed by atoms with Crippen molar-refractivity contribution in [2.24, 2.45) is 4.99 Å². The van der Waals surface area contributed by atoms with Crippen molar-refractivity contribution in [3.05, 3.63) is 107 Å². The number of alkyl halides is 6. The summed E-state index contributed by atoms with van der Waals surface area (Å²) in [5.74, 6) is 0. The van der Waals surface area contributed by atoms with E-state index in [9.17, 15) is 26.3 Å². The molecule has 1 nitrogen and oxygen atoms in total. The van der Waals surface area contributed by atoms with Gasteiger partial charge in [-0.15, -0.1) is 0 Å². The Morgan fingerprint density at radius 2 is 1.22 bits per heavy atom. The van der Waals surface area contributed by atoms with Crippen LogP contribution in [0.5, 0.6) is 0 Å². The Morgan fingerprint density at radius 3 is 1.72 bits per heavy atom. The third-order valence-electron chi connectivity index (χ3n) is 4.40. The van der Waals surface area contributed by atoms with Gasteiger partial charge >= 0.3 is 12.4 Å². The molecule has 8 heteroatoms. The van der Waals surface area contributed by atoms with Gasteiger partial charge in [0.1, 0.15) is 0 Å². The summed E-state index contributed by atoms with van der Waals surface area (Å²) in [4.78, 5) is 5.31. The molecule has 0 radical (unpaired) electrons. The highest BCUT2D eigenvalue weighted by Gasteiger charge is 2.30. The molecule has 0 aromatic heterocycles. The van der Waals surface area contributed by atoms with Crippen molar-refractivity contribution in [2.75, 3.05) is 0 Å². The number of allylic oxidation sites excluding steroid dienone is 1. The summed E-state index contributed by atoms with van der Waals surface area (Å²) < 4.78 is 77.0. The Hall–Kier alpha value is -3.00. The molecule has 0 aliphatic carbocycles. The summed E-state index contributed by atoms with van der Waals surface area (Å²) in [5, 5.41) is 1.73. The zero-order valence-corrected chi connectivity index (χ0v) is 17.5. The number of thioether (sulfide) groups is 1. The first-order chi connectivity index (χ1) is 15.0. The zero-order chi connectivity index (χ0) is 23.4. The highest BCUT2D eigenvalue weighted by molar-refractivity contribution is 8.02. The van der Waals surface area contributed by atoms with Crippen LogP contribution in [0, 0.1) is 6.92 Å². The molecule has 0 aliphatic heterocycles. The lowest BCUT2D eigenvalue weighted by Gasteiger charge is -2.09. The minimum atomic E-state index is -4.47. The number of aliphatic imine (C=N–C) groups is 1. The van der Waals surface area contributed by atoms with Crippen molar-refractivity contribution in [3.63, 3.8) is 0 Å². The maximum Gasteiger partial charge on any atom is 0.416 e. The van der Waals surface area contributed by atoms with Gasteiger partial charge in [-0.05, 0) is 66.9 Å². The highest BCUT2D eigenvalue weighted by atomic mass is 32.2. The van der Waals surface area contributed by atoms with Crippen LogP contribution in [0.25, 0.3) is 0 Å². The van der Waals surface area contributed by atoms with Crippen LogP contribution < -0.4 is 0 Å². The molecule has 0 N–H and O–H groups in total. The summed E-state index contributed by atoms with van der Waals surface area (Å²) in [6, 6.07) is 16.5. The maximum absolute atomic E-state index is 12.9. The summed E-state index contributed by atoms with van der Waals surface area (Å²) >= 11 is 1.39. The molecule has 0 amide bonds. The van der Waals surface area contributed by atoms with E-state index in [4.69, 9.17) is 0 Å². The first-order valence-electron chi connectivity index (χ1n) is 9.36. The van der Waals surface area contributed by atoms with Crippen LogP contribution in [0.2, 0.25) is 0 Å². The summed E-state index contributed by atoms with van der Waals surface area (Å²) in [5.41, 5.74) is 0.466. The zero-order valence-electron chi connectivity index (χ0n) is 16.7. The van der Waals surface area contributed by atoms with Crippen LogP contribution in [-0.2, 0) is 12.4 Å². The average molecular weight is 465 g/mol. The van der Waals surface area contributed by atoms with Crippen molar-refractivity contribution < 1.29 is 26.3 Å². The third-order valence-corrected chi connectivity index (χ3v) is 5.22. The molecular formula is C24H17F6NS. The van der Waals surface area contributed by atoms with Crippen LogP contribution in [0.4, 0.5) is 32.0 Å². The standard InChI is InChI=1S/C24H17F6NS/c1-16-2-12-21(13-3-16)32-15-14-22(17-4-6-18(7-5-17)23(25,26)27)31-20-10-8-19(9-11-20)24(28,29)30/h2-15H,1H3. The predicted molar refractivity (Wildman–Crippen MR) is 115 cm³/mol. The van der Waals surface area contributed by atoms with E-state index < -0.39 is 23.5 Å². The first kappa shape index (κ1) is 23.7. The van der Waals surface area contributed by atoms with E-state index in [0.29, 0.717) is 11.3 Å². The summed E-state index contributed by atoms with van der Waals surface area (Å²) in [7, 11) is 0. The van der Waals surface area contributed by atoms with Crippen LogP contribution in [0.1, 0.15) is 22.3 Å². The fourth-order valence-electron chi connectivity index (χ4n) is 2.69. The third kappa shape index (κ3) is 6.50. The molecule has 0 atom stereocenters. The van der Waals surface area contributed by atoms with Crippen molar-refractivity contribution in [2.45, 2.75) is 24.2 Å². The molecule has 3 rings (SSSR count). The normalized spacial score (nSPS) is 13.0. The summed E-state index contributed by atoms with van der Waals surface area (Å²) in [6.07, 6.45) is -7.33. The predicted octanol–water partition coefficient (Wildman–Crippen LogP) is 8.46. The van der Waals surface area contributed by atoms with E-state index in [1.165, 1.54) is 36.0 Å². The number of hydrogen-bond acceptors (Lipinski definition) is 2. The van der Waals surface area contributed by atoms with Gasteiger partial charge in [0.15, 0.2) is 0 Å². The Morgan fingerprint density at radius 1 is 0.719 bits per heavy atom. The molecule has 3 aromatic rings. The molecular weight excluding hydrogens is 448 g/mol. The lowest BCUT2D eigenvalue weighted by Crippen LogP contribution is -2.05. The first-order valence-corrected chi connectivity index (χ1v) is 10.2. The highest BCUT2D eigenvalue weighted by Crippen LogP contribution is 2.31. The van der Waals surface area contributed by atoms with E-state index in [-0.39, 0.29) is 5.69 Å². The summed E-state index contributed by atoms with van der Waals surface area (Å²) in [6.45, 7) is 1.96. The number of rotatable bonds is 5. The molecule has 0 bridgehead atoms. The molecule has 0 aliphatic rings. The Labute approximate surface area is 185 Å². The van der Waals surface area contributed by atoms with Crippen LogP contribution >= 0.6 is 11.8 Å². The largest absolute Gasteiger partial charge is 0.416 e. The molecule has 0 heterocycles. The monoisotopic (exact) mass is 465 g/mol. The number of benzene rings is 3. The molecule has 0 saturated carbocycles. The van der Waals surface area contributed by atoms with Gasteiger partial charge in [-0.25, -0.2) is 4.99 Å². The minimum Gasteiger partial charge on any atom is -0.248 e. The van der Waals surface area contributed by atoms with Gasteiger partial charge < -0.3 is 0 Å². The molecule has 0 spiro atoms. The Bertz CT molecular complexity index is 1090. The van der Waals surface area contributed by atoms with Gasteiger partial charge in [-0.3, -0.25) is 0 Å². The molecule has 3 aromatic carbocycles. The Kier molecular flexibility index (Phi) is 7.13. The van der Waals surface area contributed by atoms with Crippen LogP contribution in [-0.4, -0.2) is 5.71 Å². The molecule has 0 fully saturated rings. The molecule has 32 heavy (non-hydrogen) atoms. The van der Waals surface area contributed by atoms with Gasteiger partial charge in [0, 0.05) is 10.5 Å². The van der Waals surface area contributed by atoms with Gasteiger partial charge in [0.2, 0.25) is 0 Å². The van der Waals surface area contributed by atoms with Crippen LogP contribution in [0.15, 0.2) is 94.2 Å². The van der Waals surface area contributed by atoms with Crippen molar-refractivity contribution in [1.29, 1.82) is 0 Å². The van der Waals surface area contributed by atoms with E-state index in [1.807, 2.05) is 31.2 Å². The van der Waals surface area contributed by atoms with E-state index >= 15 is 0 Å². The van der Waals surface area contributed by atoms with Gasteiger partial charge in [-0.1, -0.05) is 41.6 Å². The van der Waals surface area contributed by atoms with Crippen molar-refractivity contribution >= 4 is 23.2 Å². The van der Waals surface area contributed by atoms with E-state index in [2.05, 4.69) is 4.99 Å². The maximum atomic E-state index is 12.9. The second-order valence-electron chi connectivity index (χ2n) is 6.85. The smallest absolute Gasteiger partial charge is 0.248 e. The molecule has 0 saturated heterocycles. The van der Waals surface area contributed by atoms with Gasteiger partial charge in [0.05, 0.1) is 22.5 Å². The topological polar surface area (TPSA) is 12.4 Å². The lowest BCUT2D eigenvalue weighted by molar-refractivity contribution is -0.138. The van der Waals surface area contributed by atoms with Crippen molar-refractivity contribution in [1.82, 2.24) is 0 Å². The number of hydrogen-bond donors (Lipinski definition) is 0. The SMILES string of the molecule is Cc1ccc(SC=CC(=Nc2ccc(C(F)(F)F)cc2)c2ccc(C(F)(F)F)cc2)cc1. The molecule has 0 unspecified atom stereocenters. The van der Waals surface area contributed by atoms with Crippen LogP contribution in [0.3, 0.4) is 0 Å². The van der Waals surface area contributed by atoms with Gasteiger partial charge in [-0.2, -0.15) is 26.3 Å². The lowest BCUT2D eigenvalue weighted by atomic mass is 10.1. The number of aryl methyl sites for hydroxylation is 1. The van der Waals surface area contributed by atoms with E-state index in [0.717, 1.165) is 34.7 Å². The quantitative estimate of drug-likeness (QED) is 0.209. The molecule has 166 valence electrons. The number of nitrogens with zero attached hydrogens (tertiary/aromatic N) is 1. The van der Waals surface area contributed by atoms with E-state index in [1.54, 1.807) is 11.5 Å².